The second-order valence-corrected chi connectivity index (χ2v) is 3.81. The van der Waals surface area contributed by atoms with E-state index in [0.717, 1.165) is 0 Å². The van der Waals surface area contributed by atoms with Crippen LogP contribution in [0.4, 0.5) is 0 Å². The Morgan fingerprint density at radius 2 is 2.12 bits per heavy atom. The molecule has 0 amide bonds. The largest absolute Gasteiger partial charge is 0.279 e. The molecular weight excluding hydrogens is 118 g/mol. The van der Waals surface area contributed by atoms with Gasteiger partial charge in [0, 0.05) is 11.0 Å². The molecule has 0 radical (unpaired) electrons. The summed E-state index contributed by atoms with van der Waals surface area (Å²) in [6.45, 7) is 6.44. The van der Waals surface area contributed by atoms with Gasteiger partial charge in [0.25, 0.3) is 0 Å². The molecule has 0 aromatic heterocycles. The first-order chi connectivity index (χ1) is 3.70. The highest BCUT2D eigenvalue weighted by Crippen LogP contribution is 2.26. The summed E-state index contributed by atoms with van der Waals surface area (Å²) in [7, 11) is 0. The van der Waals surface area contributed by atoms with Gasteiger partial charge in [0.05, 0.1) is 5.37 Å². The minimum atomic E-state index is 0.505. The van der Waals surface area contributed by atoms with Crippen molar-refractivity contribution in [3.05, 3.63) is 0 Å². The van der Waals surface area contributed by atoms with Gasteiger partial charge in [-0.05, 0) is 20.8 Å². The summed E-state index contributed by atoms with van der Waals surface area (Å²) in [6.07, 6.45) is 0. The lowest BCUT2D eigenvalue weighted by molar-refractivity contribution is 1.06. The summed E-state index contributed by atoms with van der Waals surface area (Å²) in [5, 5.41) is 1.16. The van der Waals surface area contributed by atoms with Gasteiger partial charge < -0.3 is 0 Å². The van der Waals surface area contributed by atoms with Crippen LogP contribution in [0.2, 0.25) is 0 Å². The van der Waals surface area contributed by atoms with E-state index in [1.54, 1.807) is 0 Å². The van der Waals surface area contributed by atoms with Gasteiger partial charge in [0.1, 0.15) is 0 Å². The topological polar surface area (TPSA) is 12.4 Å². The van der Waals surface area contributed by atoms with E-state index < -0.39 is 0 Å². The molecule has 0 aliphatic carbocycles. The molecule has 0 aromatic carbocycles. The zero-order valence-electron chi connectivity index (χ0n) is 5.51. The van der Waals surface area contributed by atoms with Gasteiger partial charge in [-0.15, -0.1) is 11.8 Å². The molecule has 1 rings (SSSR count). The van der Waals surface area contributed by atoms with E-state index in [1.165, 1.54) is 5.71 Å². The van der Waals surface area contributed by atoms with E-state index >= 15 is 0 Å². The van der Waals surface area contributed by atoms with Crippen molar-refractivity contribution in [3.8, 4) is 0 Å². The van der Waals surface area contributed by atoms with Crippen LogP contribution in [0.1, 0.15) is 20.8 Å². The standard InChI is InChI=1S/C6H11NS/c1-4-5(2)8-6(3)7-4/h5-6H,1-3H3. The lowest BCUT2D eigenvalue weighted by atomic mass is 10.3. The summed E-state index contributed by atoms with van der Waals surface area (Å²) in [6, 6.07) is 0. The highest BCUT2D eigenvalue weighted by Gasteiger charge is 2.17. The Hall–Kier alpha value is 0.0200. The van der Waals surface area contributed by atoms with E-state index in [1.807, 2.05) is 11.8 Å². The summed E-state index contributed by atoms with van der Waals surface area (Å²) >= 11 is 1.92. The first-order valence-corrected chi connectivity index (χ1v) is 3.84. The molecule has 0 N–H and O–H groups in total. The molecule has 1 aliphatic heterocycles. The molecule has 0 saturated carbocycles. The molecule has 0 fully saturated rings. The fourth-order valence-corrected chi connectivity index (χ4v) is 1.89. The maximum Gasteiger partial charge on any atom is 0.0929 e. The smallest absolute Gasteiger partial charge is 0.0929 e. The fraction of sp³-hybridized carbons (Fsp3) is 0.833. The minimum absolute atomic E-state index is 0.505. The van der Waals surface area contributed by atoms with Crippen LogP contribution >= 0.6 is 11.8 Å². The molecule has 0 aromatic rings. The van der Waals surface area contributed by atoms with Gasteiger partial charge in [0.15, 0.2) is 0 Å². The van der Waals surface area contributed by atoms with Crippen LogP contribution in [-0.4, -0.2) is 16.3 Å². The molecule has 1 aliphatic rings. The maximum atomic E-state index is 4.35. The van der Waals surface area contributed by atoms with Crippen molar-refractivity contribution in [3.63, 3.8) is 0 Å². The summed E-state index contributed by atoms with van der Waals surface area (Å²) in [4.78, 5) is 4.35. The number of thioether (sulfide) groups is 1. The van der Waals surface area contributed by atoms with Gasteiger partial charge in [-0.25, -0.2) is 0 Å². The Labute approximate surface area is 54.6 Å². The van der Waals surface area contributed by atoms with E-state index in [-0.39, 0.29) is 0 Å². The number of hydrogen-bond donors (Lipinski definition) is 0. The van der Waals surface area contributed by atoms with Gasteiger partial charge in [0.2, 0.25) is 0 Å². The molecular formula is C6H11NS. The Morgan fingerprint density at radius 1 is 1.50 bits per heavy atom. The summed E-state index contributed by atoms with van der Waals surface area (Å²) < 4.78 is 0. The Kier molecular flexibility index (Phi) is 1.61. The average molecular weight is 129 g/mol. The van der Waals surface area contributed by atoms with Crippen molar-refractivity contribution in [1.82, 2.24) is 0 Å². The number of nitrogens with zero attached hydrogens (tertiary/aromatic N) is 1. The van der Waals surface area contributed by atoms with Crippen molar-refractivity contribution < 1.29 is 0 Å². The third kappa shape index (κ3) is 1.05. The molecule has 2 atom stereocenters. The molecule has 1 heterocycles. The molecule has 0 saturated heterocycles. The number of rotatable bonds is 0. The average Bonchev–Trinajstić information content (AvgIpc) is 1.85. The predicted octanol–water partition coefficient (Wildman–Crippen LogP) is 1.93. The van der Waals surface area contributed by atoms with E-state index in [4.69, 9.17) is 0 Å². The monoisotopic (exact) mass is 129 g/mol. The first kappa shape index (κ1) is 6.14. The highest BCUT2D eigenvalue weighted by atomic mass is 32.2. The first-order valence-electron chi connectivity index (χ1n) is 2.90. The summed E-state index contributed by atoms with van der Waals surface area (Å²) in [5.74, 6) is 0. The normalized spacial score (nSPS) is 37.6. The molecule has 46 valence electrons. The van der Waals surface area contributed by atoms with Gasteiger partial charge in [-0.1, -0.05) is 0 Å². The minimum Gasteiger partial charge on any atom is -0.279 e. The van der Waals surface area contributed by atoms with Gasteiger partial charge in [-0.2, -0.15) is 0 Å². The van der Waals surface area contributed by atoms with E-state index in [9.17, 15) is 0 Å². The molecule has 2 unspecified atom stereocenters. The van der Waals surface area contributed by atoms with Crippen LogP contribution in [0.15, 0.2) is 4.99 Å². The SMILES string of the molecule is CC1=NC(C)SC1C. The van der Waals surface area contributed by atoms with E-state index in [2.05, 4.69) is 25.8 Å². The molecule has 8 heavy (non-hydrogen) atoms. The molecule has 1 nitrogen and oxygen atoms in total. The second-order valence-electron chi connectivity index (χ2n) is 2.15. The van der Waals surface area contributed by atoms with Crippen LogP contribution in [0.5, 0.6) is 0 Å². The second kappa shape index (κ2) is 2.09. The number of aliphatic imine (C=N–C) groups is 1. The van der Waals surface area contributed by atoms with Crippen molar-refractivity contribution in [2.45, 2.75) is 31.4 Å². The van der Waals surface area contributed by atoms with Crippen LogP contribution in [0.3, 0.4) is 0 Å². The van der Waals surface area contributed by atoms with E-state index in [0.29, 0.717) is 10.6 Å². The predicted molar refractivity (Wildman–Crippen MR) is 39.6 cm³/mol. The zero-order valence-corrected chi connectivity index (χ0v) is 6.33. The van der Waals surface area contributed by atoms with Crippen LogP contribution in [0, 0.1) is 0 Å². The van der Waals surface area contributed by atoms with Crippen LogP contribution in [-0.2, 0) is 0 Å². The molecule has 2 heteroatoms. The van der Waals surface area contributed by atoms with Crippen LogP contribution in [0.25, 0.3) is 0 Å². The Balaban J connectivity index is 2.59. The molecule has 0 bridgehead atoms. The van der Waals surface area contributed by atoms with Crippen molar-refractivity contribution in [1.29, 1.82) is 0 Å². The Morgan fingerprint density at radius 3 is 2.25 bits per heavy atom. The van der Waals surface area contributed by atoms with Crippen molar-refractivity contribution in [2.75, 3.05) is 0 Å². The number of hydrogen-bond acceptors (Lipinski definition) is 2. The third-order valence-electron chi connectivity index (χ3n) is 1.37. The van der Waals surface area contributed by atoms with Gasteiger partial charge >= 0.3 is 0 Å². The quantitative estimate of drug-likeness (QED) is 0.487. The van der Waals surface area contributed by atoms with Crippen molar-refractivity contribution >= 4 is 17.5 Å². The van der Waals surface area contributed by atoms with Crippen molar-refractivity contribution in [2.24, 2.45) is 4.99 Å². The highest BCUT2D eigenvalue weighted by molar-refractivity contribution is 8.01. The zero-order chi connectivity index (χ0) is 6.15. The van der Waals surface area contributed by atoms with Gasteiger partial charge in [-0.3, -0.25) is 4.99 Å². The van der Waals surface area contributed by atoms with Crippen LogP contribution < -0.4 is 0 Å². The Bertz CT molecular complexity index is 120. The summed E-state index contributed by atoms with van der Waals surface area (Å²) in [5.41, 5.74) is 1.29. The fourth-order valence-electron chi connectivity index (χ4n) is 0.816. The lowest BCUT2D eigenvalue weighted by Crippen LogP contribution is -2.01. The maximum absolute atomic E-state index is 4.35. The molecule has 0 spiro atoms. The third-order valence-corrected chi connectivity index (χ3v) is 2.62. The lowest BCUT2D eigenvalue weighted by Gasteiger charge is -1.98.